The van der Waals surface area contributed by atoms with Crippen LogP contribution in [0.5, 0.6) is 0 Å². The largest absolute Gasteiger partial charge is 0.469 e. The lowest BCUT2D eigenvalue weighted by Gasteiger charge is -2.26. The second-order valence-corrected chi connectivity index (χ2v) is 12.8. The van der Waals surface area contributed by atoms with Crippen LogP contribution < -0.4 is 16.0 Å². The fraction of sp³-hybridized carbons (Fsp3) is 0.667. The van der Waals surface area contributed by atoms with Crippen LogP contribution in [-0.4, -0.2) is 48.2 Å². The number of carbonyl (C=O) groups is 4. The van der Waals surface area contributed by atoms with E-state index in [1.165, 1.54) is 7.11 Å². The molecule has 41 heavy (non-hydrogen) atoms. The van der Waals surface area contributed by atoms with Gasteiger partial charge in [0.05, 0.1) is 7.11 Å². The third kappa shape index (κ3) is 13.1. The molecule has 3 amide bonds. The van der Waals surface area contributed by atoms with Crippen LogP contribution in [-0.2, 0) is 49.8 Å². The second kappa shape index (κ2) is 14.4. The van der Waals surface area contributed by atoms with Gasteiger partial charge in [-0.3, -0.25) is 4.79 Å². The van der Waals surface area contributed by atoms with Gasteiger partial charge in [-0.25, -0.2) is 14.4 Å². The summed E-state index contributed by atoms with van der Waals surface area (Å²) < 4.78 is 21.1. The first-order valence-electron chi connectivity index (χ1n) is 13.7. The van der Waals surface area contributed by atoms with Crippen molar-refractivity contribution in [2.24, 2.45) is 0 Å². The van der Waals surface area contributed by atoms with Gasteiger partial charge in [0.15, 0.2) is 0 Å². The van der Waals surface area contributed by atoms with E-state index in [0.717, 1.165) is 33.4 Å². The highest BCUT2D eigenvalue weighted by Crippen LogP contribution is 2.30. The van der Waals surface area contributed by atoms with Crippen LogP contribution in [0.15, 0.2) is 0 Å². The van der Waals surface area contributed by atoms with Crippen LogP contribution in [0.25, 0.3) is 0 Å². The highest BCUT2D eigenvalue weighted by molar-refractivity contribution is 5.71. The first-order chi connectivity index (χ1) is 18.6. The third-order valence-electron chi connectivity index (χ3n) is 5.77. The Morgan fingerprint density at radius 1 is 0.561 bits per heavy atom. The molecule has 0 aliphatic carbocycles. The fourth-order valence-electron chi connectivity index (χ4n) is 4.08. The van der Waals surface area contributed by atoms with Gasteiger partial charge >= 0.3 is 24.2 Å². The number of alkyl carbamates (subject to hydrolysis) is 3. The molecule has 232 valence electrons. The van der Waals surface area contributed by atoms with Crippen LogP contribution in [0.2, 0.25) is 0 Å². The summed E-state index contributed by atoms with van der Waals surface area (Å²) in [5, 5.41) is 8.41. The Morgan fingerprint density at radius 3 is 1.17 bits per heavy atom. The van der Waals surface area contributed by atoms with Crippen LogP contribution in [0.1, 0.15) is 102 Å². The lowest BCUT2D eigenvalue weighted by molar-refractivity contribution is -0.140. The summed E-state index contributed by atoms with van der Waals surface area (Å²) in [6, 6.07) is 0. The minimum Gasteiger partial charge on any atom is -0.469 e. The van der Waals surface area contributed by atoms with Crippen molar-refractivity contribution >= 4 is 24.2 Å². The minimum absolute atomic E-state index is 0.0871. The van der Waals surface area contributed by atoms with Gasteiger partial charge in [0, 0.05) is 26.1 Å². The molecule has 1 aromatic carbocycles. The van der Waals surface area contributed by atoms with Crippen LogP contribution >= 0.6 is 0 Å². The second-order valence-electron chi connectivity index (χ2n) is 12.8. The molecule has 1 rings (SSSR count). The normalized spacial score (nSPS) is 11.8. The van der Waals surface area contributed by atoms with Gasteiger partial charge in [-0.1, -0.05) is 0 Å². The number of rotatable bonds is 9. The lowest BCUT2D eigenvalue weighted by Crippen LogP contribution is -2.35. The highest BCUT2D eigenvalue weighted by Gasteiger charge is 2.24. The van der Waals surface area contributed by atoms with E-state index in [0.29, 0.717) is 6.42 Å². The number of methoxy groups -OCH3 is 1. The van der Waals surface area contributed by atoms with Crippen molar-refractivity contribution in [1.82, 2.24) is 16.0 Å². The van der Waals surface area contributed by atoms with Crippen molar-refractivity contribution in [2.75, 3.05) is 7.11 Å². The van der Waals surface area contributed by atoms with E-state index in [9.17, 15) is 19.2 Å². The quantitative estimate of drug-likeness (QED) is 0.258. The Morgan fingerprint density at radius 2 is 0.878 bits per heavy atom. The molecule has 0 aliphatic rings. The number of nitrogens with one attached hydrogen (secondary N) is 3. The van der Waals surface area contributed by atoms with E-state index in [1.54, 1.807) is 62.3 Å². The standard InChI is InChI=1S/C30H49N3O8/c1-18-21(15-31-25(35)39-28(3,4)5)19(2)23(17-33-27(37)41-30(9,10)11)20(13-14-24(34)38-12)22(18)16-32-26(36)40-29(6,7)8/h13-17H2,1-12H3,(H,31,35)(H,32,36)(H,33,37). The van der Waals surface area contributed by atoms with E-state index >= 15 is 0 Å². The van der Waals surface area contributed by atoms with Crippen molar-refractivity contribution in [1.29, 1.82) is 0 Å². The summed E-state index contributed by atoms with van der Waals surface area (Å²) in [4.78, 5) is 49.7. The zero-order valence-corrected chi connectivity index (χ0v) is 26.8. The van der Waals surface area contributed by atoms with E-state index in [4.69, 9.17) is 18.9 Å². The van der Waals surface area contributed by atoms with Crippen molar-refractivity contribution in [2.45, 2.75) is 125 Å². The van der Waals surface area contributed by atoms with Crippen molar-refractivity contribution < 1.29 is 38.1 Å². The topological polar surface area (TPSA) is 141 Å². The molecule has 3 N–H and O–H groups in total. The van der Waals surface area contributed by atoms with Gasteiger partial charge in [-0.05, 0) is 116 Å². The molecular weight excluding hydrogens is 530 g/mol. The number of benzene rings is 1. The van der Waals surface area contributed by atoms with Crippen molar-refractivity contribution in [3.63, 3.8) is 0 Å². The first-order valence-corrected chi connectivity index (χ1v) is 13.7. The molecule has 0 spiro atoms. The Bertz CT molecular complexity index is 1050. The monoisotopic (exact) mass is 579 g/mol. The Labute approximate surface area is 244 Å². The smallest absolute Gasteiger partial charge is 0.407 e. The number of amides is 3. The van der Waals surface area contributed by atoms with Crippen LogP contribution in [0, 0.1) is 13.8 Å². The zero-order chi connectivity index (χ0) is 31.8. The van der Waals surface area contributed by atoms with Gasteiger partial charge in [-0.15, -0.1) is 0 Å². The molecule has 0 saturated carbocycles. The highest BCUT2D eigenvalue weighted by atomic mass is 16.6. The maximum Gasteiger partial charge on any atom is 0.407 e. The molecule has 0 fully saturated rings. The Kier molecular flexibility index (Phi) is 12.5. The van der Waals surface area contributed by atoms with Gasteiger partial charge in [0.25, 0.3) is 0 Å². The average molecular weight is 580 g/mol. The molecule has 11 heteroatoms. The molecular formula is C30H49N3O8. The van der Waals surface area contributed by atoms with Crippen LogP contribution in [0.3, 0.4) is 0 Å². The van der Waals surface area contributed by atoms with E-state index in [2.05, 4.69) is 16.0 Å². The summed E-state index contributed by atoms with van der Waals surface area (Å²) in [6.07, 6.45) is -1.39. The molecule has 0 radical (unpaired) electrons. The molecule has 0 saturated heterocycles. The number of ether oxygens (including phenoxy) is 4. The molecule has 11 nitrogen and oxygen atoms in total. The first kappa shape index (κ1) is 35.5. The summed E-state index contributed by atoms with van der Waals surface area (Å²) in [7, 11) is 1.32. The number of hydrogen-bond donors (Lipinski definition) is 3. The predicted octanol–water partition coefficient (Wildman–Crippen LogP) is 5.48. The van der Waals surface area contributed by atoms with Crippen molar-refractivity contribution in [3.05, 3.63) is 33.4 Å². The molecule has 0 aromatic heterocycles. The molecule has 1 aromatic rings. The number of hydrogen-bond acceptors (Lipinski definition) is 8. The SMILES string of the molecule is COC(=O)CCc1c(CNC(=O)OC(C)(C)C)c(C)c(CNC(=O)OC(C)(C)C)c(C)c1CNC(=O)OC(C)(C)C. The minimum atomic E-state index is -0.689. The lowest BCUT2D eigenvalue weighted by atomic mass is 9.85. The average Bonchev–Trinajstić information content (AvgIpc) is 2.77. The van der Waals surface area contributed by atoms with E-state index in [-0.39, 0.29) is 26.1 Å². The predicted molar refractivity (Wildman–Crippen MR) is 155 cm³/mol. The Balaban J connectivity index is 3.60. The summed E-state index contributed by atoms with van der Waals surface area (Å²) in [5.41, 5.74) is 2.64. The van der Waals surface area contributed by atoms with Gasteiger partial charge in [-0.2, -0.15) is 0 Å². The fourth-order valence-corrected chi connectivity index (χ4v) is 4.08. The molecule has 0 heterocycles. The zero-order valence-electron chi connectivity index (χ0n) is 26.8. The van der Waals surface area contributed by atoms with E-state index in [1.807, 2.05) is 13.8 Å². The van der Waals surface area contributed by atoms with Gasteiger partial charge in [0.2, 0.25) is 0 Å². The summed E-state index contributed by atoms with van der Waals surface area (Å²) in [6.45, 7) is 20.1. The van der Waals surface area contributed by atoms with Crippen LogP contribution in [0.4, 0.5) is 14.4 Å². The number of esters is 1. The van der Waals surface area contributed by atoms with Crippen molar-refractivity contribution in [3.8, 4) is 0 Å². The summed E-state index contributed by atoms with van der Waals surface area (Å²) in [5.74, 6) is -0.395. The molecule has 0 bridgehead atoms. The third-order valence-corrected chi connectivity index (χ3v) is 5.77. The maximum absolute atomic E-state index is 12.5. The Hall–Kier alpha value is -3.50. The maximum atomic E-state index is 12.5. The summed E-state index contributed by atoms with van der Waals surface area (Å²) >= 11 is 0. The molecule has 0 atom stereocenters. The number of carbonyl (C=O) groups excluding carboxylic acids is 4. The van der Waals surface area contributed by atoms with Gasteiger partial charge < -0.3 is 34.9 Å². The molecule has 0 unspecified atom stereocenters. The van der Waals surface area contributed by atoms with E-state index < -0.39 is 41.1 Å². The molecule has 0 aliphatic heterocycles. The van der Waals surface area contributed by atoms with Gasteiger partial charge in [0.1, 0.15) is 16.8 Å².